The Morgan fingerprint density at radius 2 is 2.00 bits per heavy atom. The molecule has 0 aliphatic rings. The number of nitrogens with one attached hydrogen (secondary N) is 1. The molecule has 4 rings (SSSR count). The van der Waals surface area contributed by atoms with Crippen molar-refractivity contribution < 1.29 is 4.79 Å². The van der Waals surface area contributed by atoms with E-state index in [-0.39, 0.29) is 5.91 Å². The standard InChI is InChI=1S/C20H14BrN3OS/c1-12-10-14(19-24-17-6-3-9-22-20(17)26-19)7-8-16(12)23-18(25)13-4-2-5-15(21)11-13/h2-11H,1H3,(H,23,25). The minimum absolute atomic E-state index is 0.133. The molecular weight excluding hydrogens is 410 g/mol. The smallest absolute Gasteiger partial charge is 0.255 e. The van der Waals surface area contributed by atoms with Gasteiger partial charge in [-0.3, -0.25) is 4.79 Å². The molecule has 4 aromatic rings. The second-order valence-corrected chi connectivity index (χ2v) is 7.73. The van der Waals surface area contributed by atoms with Crippen molar-refractivity contribution in [2.24, 2.45) is 0 Å². The summed E-state index contributed by atoms with van der Waals surface area (Å²) < 4.78 is 0.877. The van der Waals surface area contributed by atoms with Gasteiger partial charge in [0.05, 0.1) is 0 Å². The second kappa shape index (κ2) is 6.97. The third-order valence-electron chi connectivity index (χ3n) is 3.97. The van der Waals surface area contributed by atoms with E-state index in [1.54, 1.807) is 29.7 Å². The van der Waals surface area contributed by atoms with Crippen LogP contribution in [0.4, 0.5) is 5.69 Å². The highest BCUT2D eigenvalue weighted by Crippen LogP contribution is 2.31. The maximum Gasteiger partial charge on any atom is 0.255 e. The Morgan fingerprint density at radius 3 is 2.77 bits per heavy atom. The molecule has 0 unspecified atom stereocenters. The highest BCUT2D eigenvalue weighted by atomic mass is 79.9. The fourth-order valence-corrected chi connectivity index (χ4v) is 3.96. The minimum Gasteiger partial charge on any atom is -0.322 e. The van der Waals surface area contributed by atoms with Gasteiger partial charge in [0.15, 0.2) is 0 Å². The Labute approximate surface area is 163 Å². The first-order chi connectivity index (χ1) is 12.6. The van der Waals surface area contributed by atoms with E-state index in [0.29, 0.717) is 5.56 Å². The predicted molar refractivity (Wildman–Crippen MR) is 110 cm³/mol. The van der Waals surface area contributed by atoms with Gasteiger partial charge in [-0.15, -0.1) is 0 Å². The molecule has 0 saturated carbocycles. The first-order valence-corrected chi connectivity index (χ1v) is 9.60. The van der Waals surface area contributed by atoms with Crippen molar-refractivity contribution in [3.63, 3.8) is 0 Å². The second-order valence-electron chi connectivity index (χ2n) is 5.84. The van der Waals surface area contributed by atoms with Crippen LogP contribution in [0, 0.1) is 6.92 Å². The normalized spacial score (nSPS) is 10.8. The van der Waals surface area contributed by atoms with Gasteiger partial charge in [-0.05, 0) is 61.0 Å². The lowest BCUT2D eigenvalue weighted by Crippen LogP contribution is -2.12. The Hall–Kier alpha value is -2.57. The van der Waals surface area contributed by atoms with Gasteiger partial charge < -0.3 is 5.32 Å². The van der Waals surface area contributed by atoms with E-state index in [0.717, 1.165) is 36.6 Å². The zero-order valence-electron chi connectivity index (χ0n) is 13.9. The zero-order valence-corrected chi connectivity index (χ0v) is 16.3. The van der Waals surface area contributed by atoms with Crippen molar-refractivity contribution in [3.8, 4) is 10.6 Å². The summed E-state index contributed by atoms with van der Waals surface area (Å²) >= 11 is 4.95. The molecule has 2 heterocycles. The number of anilines is 1. The van der Waals surface area contributed by atoms with Gasteiger partial charge in [-0.1, -0.05) is 33.3 Å². The van der Waals surface area contributed by atoms with Crippen molar-refractivity contribution in [1.82, 2.24) is 9.97 Å². The van der Waals surface area contributed by atoms with Crippen LogP contribution in [0.1, 0.15) is 15.9 Å². The highest BCUT2D eigenvalue weighted by molar-refractivity contribution is 9.10. The number of hydrogen-bond donors (Lipinski definition) is 1. The fraction of sp³-hybridized carbons (Fsp3) is 0.0500. The van der Waals surface area contributed by atoms with E-state index >= 15 is 0 Å². The summed E-state index contributed by atoms with van der Waals surface area (Å²) in [6.07, 6.45) is 1.77. The molecule has 0 aliphatic heterocycles. The number of fused-ring (bicyclic) bond motifs is 1. The molecule has 0 bridgehead atoms. The average Bonchev–Trinajstić information content (AvgIpc) is 3.07. The lowest BCUT2D eigenvalue weighted by Gasteiger charge is -2.10. The van der Waals surface area contributed by atoms with Gasteiger partial charge in [-0.25, -0.2) is 9.97 Å². The summed E-state index contributed by atoms with van der Waals surface area (Å²) in [5.74, 6) is -0.133. The molecule has 2 aromatic heterocycles. The number of amides is 1. The monoisotopic (exact) mass is 423 g/mol. The number of nitrogens with zero attached hydrogens (tertiary/aromatic N) is 2. The predicted octanol–water partition coefficient (Wildman–Crippen LogP) is 5.68. The molecule has 0 radical (unpaired) electrons. The molecule has 4 nitrogen and oxygen atoms in total. The third-order valence-corrected chi connectivity index (χ3v) is 5.50. The van der Waals surface area contributed by atoms with Crippen molar-refractivity contribution >= 4 is 49.2 Å². The van der Waals surface area contributed by atoms with Crippen molar-refractivity contribution in [2.45, 2.75) is 6.92 Å². The number of thiazole rings is 1. The number of rotatable bonds is 3. The maximum atomic E-state index is 12.4. The summed E-state index contributed by atoms with van der Waals surface area (Å²) in [6.45, 7) is 1.98. The number of aryl methyl sites for hydroxylation is 1. The molecule has 0 spiro atoms. The molecule has 128 valence electrons. The number of hydrogen-bond acceptors (Lipinski definition) is 4. The quantitative estimate of drug-likeness (QED) is 0.460. The molecule has 0 atom stereocenters. The first kappa shape index (κ1) is 16.9. The van der Waals surface area contributed by atoms with Crippen LogP contribution in [0.25, 0.3) is 20.9 Å². The van der Waals surface area contributed by atoms with Crippen molar-refractivity contribution in [2.75, 3.05) is 5.32 Å². The largest absolute Gasteiger partial charge is 0.322 e. The number of halogens is 1. The number of aromatic nitrogens is 2. The molecule has 26 heavy (non-hydrogen) atoms. The Morgan fingerprint density at radius 1 is 1.12 bits per heavy atom. The van der Waals surface area contributed by atoms with Crippen molar-refractivity contribution in [3.05, 3.63) is 76.4 Å². The summed E-state index contributed by atoms with van der Waals surface area (Å²) in [5.41, 5.74) is 4.30. The number of benzene rings is 2. The Kier molecular flexibility index (Phi) is 4.53. The van der Waals surface area contributed by atoms with Crippen LogP contribution < -0.4 is 5.32 Å². The Balaban J connectivity index is 1.60. The summed E-state index contributed by atoms with van der Waals surface area (Å²) in [6, 6.07) is 17.1. The molecular formula is C20H14BrN3OS. The molecule has 2 aromatic carbocycles. The van der Waals surface area contributed by atoms with Gasteiger partial charge in [-0.2, -0.15) is 0 Å². The molecule has 0 aliphatic carbocycles. The van der Waals surface area contributed by atoms with Crippen LogP contribution in [0.2, 0.25) is 0 Å². The van der Waals surface area contributed by atoms with E-state index in [1.165, 1.54) is 0 Å². The van der Waals surface area contributed by atoms with E-state index in [2.05, 4.69) is 31.2 Å². The van der Waals surface area contributed by atoms with Crippen LogP contribution in [0.15, 0.2) is 65.3 Å². The summed E-state index contributed by atoms with van der Waals surface area (Å²) in [5, 5.41) is 3.89. The molecule has 0 fully saturated rings. The van der Waals surface area contributed by atoms with Gasteiger partial charge in [0.1, 0.15) is 15.4 Å². The van der Waals surface area contributed by atoms with Gasteiger partial charge in [0.2, 0.25) is 0 Å². The zero-order chi connectivity index (χ0) is 18.1. The first-order valence-electron chi connectivity index (χ1n) is 8.00. The lowest BCUT2D eigenvalue weighted by molar-refractivity contribution is 0.102. The molecule has 6 heteroatoms. The van der Waals surface area contributed by atoms with Crippen LogP contribution in [-0.4, -0.2) is 15.9 Å². The SMILES string of the molecule is Cc1cc(-c2nc3cccnc3s2)ccc1NC(=O)c1cccc(Br)c1. The van der Waals surface area contributed by atoms with Crippen molar-refractivity contribution in [1.29, 1.82) is 0 Å². The van der Waals surface area contributed by atoms with Gasteiger partial charge in [0, 0.05) is 27.5 Å². The van der Waals surface area contributed by atoms with E-state index in [4.69, 9.17) is 0 Å². The van der Waals surface area contributed by atoms with Gasteiger partial charge in [0.25, 0.3) is 5.91 Å². The average molecular weight is 424 g/mol. The number of carbonyl (C=O) groups excluding carboxylic acids is 1. The summed E-state index contributed by atoms with van der Waals surface area (Å²) in [4.78, 5) is 22.3. The topological polar surface area (TPSA) is 54.9 Å². The molecule has 0 saturated heterocycles. The lowest BCUT2D eigenvalue weighted by atomic mass is 10.1. The van der Waals surface area contributed by atoms with E-state index < -0.39 is 0 Å². The minimum atomic E-state index is -0.133. The number of carbonyl (C=O) groups is 1. The van der Waals surface area contributed by atoms with E-state index in [1.807, 2.05) is 49.4 Å². The fourth-order valence-electron chi connectivity index (χ4n) is 2.65. The molecule has 1 amide bonds. The molecule has 1 N–H and O–H groups in total. The third kappa shape index (κ3) is 3.38. The number of pyridine rings is 1. The van der Waals surface area contributed by atoms with Crippen LogP contribution >= 0.6 is 27.3 Å². The van der Waals surface area contributed by atoms with Gasteiger partial charge >= 0.3 is 0 Å². The van der Waals surface area contributed by atoms with E-state index in [9.17, 15) is 4.79 Å². The highest BCUT2D eigenvalue weighted by Gasteiger charge is 2.11. The Bertz CT molecular complexity index is 1090. The van der Waals surface area contributed by atoms with Crippen LogP contribution in [0.3, 0.4) is 0 Å². The van der Waals surface area contributed by atoms with Crippen LogP contribution in [0.5, 0.6) is 0 Å². The van der Waals surface area contributed by atoms with Crippen LogP contribution in [-0.2, 0) is 0 Å². The maximum absolute atomic E-state index is 12.4. The summed E-state index contributed by atoms with van der Waals surface area (Å²) in [7, 11) is 0.